The predicted octanol–water partition coefficient (Wildman–Crippen LogP) is 3.84. The van der Waals surface area contributed by atoms with Crippen LogP contribution in [0.1, 0.15) is 44.7 Å². The van der Waals surface area contributed by atoms with Crippen LogP contribution in [0.4, 0.5) is 13.2 Å². The molecule has 0 aromatic heterocycles. The summed E-state index contributed by atoms with van der Waals surface area (Å²) < 4.78 is 38.0. The van der Waals surface area contributed by atoms with Crippen molar-refractivity contribution in [3.63, 3.8) is 0 Å². The summed E-state index contributed by atoms with van der Waals surface area (Å²) >= 11 is 0. The van der Waals surface area contributed by atoms with Crippen molar-refractivity contribution in [3.05, 3.63) is 70.8 Å². The van der Waals surface area contributed by atoms with Gasteiger partial charge in [0, 0.05) is 12.5 Å². The smallest absolute Gasteiger partial charge is 0.416 e. The van der Waals surface area contributed by atoms with Gasteiger partial charge in [-0.3, -0.25) is 19.3 Å². The van der Waals surface area contributed by atoms with E-state index in [1.54, 1.807) is 12.1 Å². The van der Waals surface area contributed by atoms with E-state index >= 15 is 0 Å². The lowest BCUT2D eigenvalue weighted by molar-refractivity contribution is -0.145. The Balaban J connectivity index is 1.64. The Hall–Kier alpha value is -3.49. The first-order valence-electron chi connectivity index (χ1n) is 9.93. The van der Waals surface area contributed by atoms with Gasteiger partial charge in [-0.05, 0) is 49.1 Å². The van der Waals surface area contributed by atoms with Gasteiger partial charge in [0.25, 0.3) is 11.8 Å². The molecule has 1 aliphatic heterocycles. The second kappa shape index (κ2) is 9.33. The molecule has 6 nitrogen and oxygen atoms in total. The summed E-state index contributed by atoms with van der Waals surface area (Å²) in [5.74, 6) is -4.34. The number of hydrogen-bond donors (Lipinski definition) is 1. The van der Waals surface area contributed by atoms with Crippen molar-refractivity contribution in [2.75, 3.05) is 6.54 Å². The highest BCUT2D eigenvalue weighted by molar-refractivity contribution is 6.21. The van der Waals surface area contributed by atoms with Gasteiger partial charge in [-0.25, -0.2) is 0 Å². The number of aldehydes is 1. The lowest BCUT2D eigenvalue weighted by Gasteiger charge is -2.22. The minimum Gasteiger partial charge on any atom is -0.481 e. The molecule has 3 rings (SSSR count). The fourth-order valence-electron chi connectivity index (χ4n) is 3.79. The van der Waals surface area contributed by atoms with Crippen molar-refractivity contribution in [2.45, 2.75) is 25.4 Å². The van der Waals surface area contributed by atoms with Crippen molar-refractivity contribution in [1.82, 2.24) is 4.90 Å². The number of hydrogen-bond acceptors (Lipinski definition) is 4. The molecule has 0 spiro atoms. The molecule has 1 N–H and O–H groups in total. The monoisotopic (exact) mass is 447 g/mol. The third-order valence-corrected chi connectivity index (χ3v) is 5.60. The fraction of sp³-hybridized carbons (Fsp3) is 0.304. The molecule has 32 heavy (non-hydrogen) atoms. The number of halogens is 3. The van der Waals surface area contributed by atoms with Gasteiger partial charge in [-0.2, -0.15) is 13.2 Å². The van der Waals surface area contributed by atoms with E-state index in [4.69, 9.17) is 0 Å². The van der Waals surface area contributed by atoms with Gasteiger partial charge in [0.05, 0.1) is 22.6 Å². The molecule has 1 heterocycles. The highest BCUT2D eigenvalue weighted by atomic mass is 19.4. The van der Waals surface area contributed by atoms with Crippen LogP contribution in [0, 0.1) is 11.8 Å². The molecule has 1 aliphatic rings. The molecule has 0 radical (unpaired) electrons. The molecule has 168 valence electrons. The number of aliphatic carboxylic acids is 1. The highest BCUT2D eigenvalue weighted by Crippen LogP contribution is 2.30. The number of fused-ring (bicyclic) bond motifs is 1. The Morgan fingerprint density at radius 1 is 0.969 bits per heavy atom. The normalized spacial score (nSPS) is 15.4. The van der Waals surface area contributed by atoms with Crippen molar-refractivity contribution in [1.29, 1.82) is 0 Å². The van der Waals surface area contributed by atoms with Crippen molar-refractivity contribution < 1.29 is 37.5 Å². The van der Waals surface area contributed by atoms with Gasteiger partial charge >= 0.3 is 12.1 Å². The van der Waals surface area contributed by atoms with E-state index in [0.29, 0.717) is 11.8 Å². The molecular formula is C23H20F3NO5. The first kappa shape index (κ1) is 23.2. The zero-order valence-electron chi connectivity index (χ0n) is 16.8. The fourth-order valence-corrected chi connectivity index (χ4v) is 3.79. The maximum Gasteiger partial charge on any atom is 0.416 e. The standard InChI is InChI=1S/C23H20F3NO5/c24-23(25,26)16-9-6-14(7-10-16)5-8-15(13-28)17(22(31)32)11-12-27-20(29)18-3-1-2-4-19(18)21(27)30/h1-4,6-7,9-10,13,15,17H,5,8,11-12H2,(H,31,32)/t15-,17-/m0/s1. The number of amides is 2. The van der Waals surface area contributed by atoms with Gasteiger partial charge in [-0.1, -0.05) is 24.3 Å². The largest absolute Gasteiger partial charge is 0.481 e. The quantitative estimate of drug-likeness (QED) is 0.466. The van der Waals surface area contributed by atoms with Crippen LogP contribution in [0.3, 0.4) is 0 Å². The van der Waals surface area contributed by atoms with E-state index in [0.717, 1.165) is 17.0 Å². The summed E-state index contributed by atoms with van der Waals surface area (Å²) in [7, 11) is 0. The number of rotatable bonds is 9. The van der Waals surface area contributed by atoms with Crippen LogP contribution in [0.15, 0.2) is 48.5 Å². The van der Waals surface area contributed by atoms with Crippen LogP contribution in [-0.4, -0.2) is 40.6 Å². The summed E-state index contributed by atoms with van der Waals surface area (Å²) in [4.78, 5) is 49.2. The molecule has 2 atom stereocenters. The number of carboxylic acid groups (broad SMARTS) is 1. The Bertz CT molecular complexity index is 998. The number of nitrogens with zero attached hydrogens (tertiary/aromatic N) is 1. The van der Waals surface area contributed by atoms with E-state index in [2.05, 4.69) is 0 Å². The predicted molar refractivity (Wildman–Crippen MR) is 107 cm³/mol. The number of carbonyl (C=O) groups excluding carboxylic acids is 3. The van der Waals surface area contributed by atoms with Crippen LogP contribution in [0.25, 0.3) is 0 Å². The average molecular weight is 447 g/mol. The molecule has 0 bridgehead atoms. The summed E-state index contributed by atoms with van der Waals surface area (Å²) in [6.07, 6.45) is -3.75. The van der Waals surface area contributed by atoms with Crippen molar-refractivity contribution >= 4 is 24.1 Å². The van der Waals surface area contributed by atoms with Crippen LogP contribution >= 0.6 is 0 Å². The maximum absolute atomic E-state index is 12.7. The molecule has 9 heteroatoms. The Morgan fingerprint density at radius 2 is 1.53 bits per heavy atom. The number of benzene rings is 2. The molecule has 0 aliphatic carbocycles. The Kier molecular flexibility index (Phi) is 6.76. The summed E-state index contributed by atoms with van der Waals surface area (Å²) in [6, 6.07) is 10.7. The summed E-state index contributed by atoms with van der Waals surface area (Å²) in [5, 5.41) is 9.60. The number of aryl methyl sites for hydroxylation is 1. The van der Waals surface area contributed by atoms with Crippen molar-refractivity contribution in [3.8, 4) is 0 Å². The van der Waals surface area contributed by atoms with E-state index in [1.807, 2.05) is 0 Å². The lowest BCUT2D eigenvalue weighted by atomic mass is 9.85. The van der Waals surface area contributed by atoms with E-state index in [9.17, 15) is 37.5 Å². The van der Waals surface area contributed by atoms with Gasteiger partial charge in [0.15, 0.2) is 0 Å². The summed E-state index contributed by atoms with van der Waals surface area (Å²) in [5.41, 5.74) is 0.240. The molecular weight excluding hydrogens is 427 g/mol. The average Bonchev–Trinajstić information content (AvgIpc) is 3.00. The second-order valence-corrected chi connectivity index (χ2v) is 7.57. The minimum atomic E-state index is -4.46. The second-order valence-electron chi connectivity index (χ2n) is 7.57. The third kappa shape index (κ3) is 4.87. The van der Waals surface area contributed by atoms with Gasteiger partial charge in [0.1, 0.15) is 6.29 Å². The Morgan fingerprint density at radius 3 is 2.00 bits per heavy atom. The highest BCUT2D eigenvalue weighted by Gasteiger charge is 2.37. The zero-order chi connectivity index (χ0) is 23.5. The zero-order valence-corrected chi connectivity index (χ0v) is 16.8. The van der Waals surface area contributed by atoms with Crippen LogP contribution in [0.5, 0.6) is 0 Å². The first-order chi connectivity index (χ1) is 15.1. The van der Waals surface area contributed by atoms with E-state index in [-0.39, 0.29) is 36.9 Å². The Labute approximate surface area is 181 Å². The number of carbonyl (C=O) groups is 4. The van der Waals surface area contributed by atoms with Crippen LogP contribution in [-0.2, 0) is 22.2 Å². The number of imide groups is 1. The van der Waals surface area contributed by atoms with Crippen LogP contribution < -0.4 is 0 Å². The first-order valence-corrected chi connectivity index (χ1v) is 9.93. The number of alkyl halides is 3. The van der Waals surface area contributed by atoms with E-state index in [1.165, 1.54) is 24.3 Å². The van der Waals surface area contributed by atoms with E-state index < -0.39 is 41.4 Å². The lowest BCUT2D eigenvalue weighted by Crippen LogP contribution is -2.35. The summed E-state index contributed by atoms with van der Waals surface area (Å²) in [6.45, 7) is -0.159. The van der Waals surface area contributed by atoms with Crippen LogP contribution in [0.2, 0.25) is 0 Å². The van der Waals surface area contributed by atoms with Gasteiger partial charge in [-0.15, -0.1) is 0 Å². The van der Waals surface area contributed by atoms with Gasteiger partial charge in [0.2, 0.25) is 0 Å². The molecule has 2 amide bonds. The number of carboxylic acids is 1. The molecule has 0 unspecified atom stereocenters. The SMILES string of the molecule is O=C[C@H](CCc1ccc(C(F)(F)F)cc1)[C@H](CCN1C(=O)c2ccccc2C1=O)C(=O)O. The topological polar surface area (TPSA) is 91.8 Å². The molecule has 2 aromatic rings. The molecule has 0 saturated carbocycles. The molecule has 0 saturated heterocycles. The molecule has 0 fully saturated rings. The third-order valence-electron chi connectivity index (χ3n) is 5.60. The van der Waals surface area contributed by atoms with Gasteiger partial charge < -0.3 is 9.90 Å². The molecule has 2 aromatic carbocycles. The van der Waals surface area contributed by atoms with Crippen molar-refractivity contribution in [2.24, 2.45) is 11.8 Å². The maximum atomic E-state index is 12.7. The minimum absolute atomic E-state index is 0.105.